The number of nitriles is 1. The summed E-state index contributed by atoms with van der Waals surface area (Å²) in [5.41, 5.74) is 0.550. The average molecular weight is 258 g/mol. The van der Waals surface area contributed by atoms with Crippen LogP contribution in [0.5, 0.6) is 0 Å². The Bertz CT molecular complexity index is 512. The predicted molar refractivity (Wildman–Crippen MR) is 58.8 cm³/mol. The Hall–Kier alpha value is -1.48. The van der Waals surface area contributed by atoms with E-state index in [9.17, 15) is 10.0 Å². The number of hydrogen-bond donors (Lipinski definition) is 2. The van der Waals surface area contributed by atoms with Gasteiger partial charge < -0.3 is 5.32 Å². The van der Waals surface area contributed by atoms with Gasteiger partial charge in [0.25, 0.3) is 5.91 Å². The van der Waals surface area contributed by atoms with Crippen molar-refractivity contribution in [2.24, 2.45) is 0 Å². The molecule has 1 heterocycles. The summed E-state index contributed by atoms with van der Waals surface area (Å²) in [7, 11) is 0. The minimum atomic E-state index is -1.29. The summed E-state index contributed by atoms with van der Waals surface area (Å²) in [6.45, 7) is 0. The van der Waals surface area contributed by atoms with E-state index in [1.165, 1.54) is 12.1 Å². The second kappa shape index (κ2) is 3.83. The fraction of sp³-hybridized carbons (Fsp3) is 0.111. The number of halogens is 2. The maximum absolute atomic E-state index is 11.4. The van der Waals surface area contributed by atoms with Crippen molar-refractivity contribution in [3.05, 3.63) is 22.2 Å². The van der Waals surface area contributed by atoms with E-state index in [0.717, 1.165) is 0 Å². The van der Waals surface area contributed by atoms with Gasteiger partial charge in [-0.3, -0.25) is 10.0 Å². The van der Waals surface area contributed by atoms with Crippen molar-refractivity contribution in [1.82, 2.24) is 0 Å². The van der Waals surface area contributed by atoms with Gasteiger partial charge in [0, 0.05) is 0 Å². The van der Waals surface area contributed by atoms with Crippen molar-refractivity contribution >= 4 is 40.5 Å². The zero-order chi connectivity index (χ0) is 11.9. The Balaban J connectivity index is 2.56. The van der Waals surface area contributed by atoms with E-state index >= 15 is 0 Å². The minimum absolute atomic E-state index is 0.229. The zero-order valence-electron chi connectivity index (χ0n) is 7.74. The van der Waals surface area contributed by atoms with Gasteiger partial charge >= 0.3 is 0 Å². The molecule has 0 saturated heterocycles. The van der Waals surface area contributed by atoms with Gasteiger partial charge in [-0.2, -0.15) is 5.26 Å². The lowest BCUT2D eigenvalue weighted by Crippen LogP contribution is -2.45. The van der Waals surface area contributed by atoms with Gasteiger partial charge in [-0.05, 0) is 12.1 Å². The summed E-state index contributed by atoms with van der Waals surface area (Å²) in [5, 5.41) is 21.9. The molecule has 16 heavy (non-hydrogen) atoms. The van der Waals surface area contributed by atoms with Gasteiger partial charge in [0.15, 0.2) is 0 Å². The van der Waals surface area contributed by atoms with E-state index in [1.807, 2.05) is 0 Å². The van der Waals surface area contributed by atoms with E-state index in [4.69, 9.17) is 28.5 Å². The maximum Gasteiger partial charge on any atom is 0.264 e. The quantitative estimate of drug-likeness (QED) is 0.746. The number of amides is 1. The van der Waals surface area contributed by atoms with Crippen LogP contribution in [0.4, 0.5) is 11.4 Å². The highest BCUT2D eigenvalue weighted by Crippen LogP contribution is 2.37. The van der Waals surface area contributed by atoms with Crippen LogP contribution in [-0.2, 0) is 4.79 Å². The molecule has 0 fully saturated rings. The lowest BCUT2D eigenvalue weighted by molar-refractivity contribution is -0.117. The number of carbonyl (C=O) groups is 1. The molecule has 1 aliphatic heterocycles. The third-order valence-corrected chi connectivity index (χ3v) is 2.88. The van der Waals surface area contributed by atoms with Crippen LogP contribution in [0.3, 0.4) is 0 Å². The topological polar surface area (TPSA) is 76.4 Å². The number of nitrogens with zero attached hydrogens (tertiary/aromatic N) is 2. The summed E-state index contributed by atoms with van der Waals surface area (Å²) in [4.78, 5) is 11.4. The molecule has 0 bridgehead atoms. The molecule has 2 N–H and O–H groups in total. The number of fused-ring (bicyclic) bond motifs is 1. The Labute approximate surface area is 101 Å². The molecule has 0 radical (unpaired) electrons. The number of hydroxylamine groups is 1. The molecule has 5 nitrogen and oxygen atoms in total. The van der Waals surface area contributed by atoms with E-state index in [0.29, 0.717) is 10.8 Å². The Kier molecular flexibility index (Phi) is 2.64. The lowest BCUT2D eigenvalue weighted by Gasteiger charge is -2.29. The molecule has 1 atom stereocenters. The van der Waals surface area contributed by atoms with E-state index in [2.05, 4.69) is 5.32 Å². The molecule has 1 aromatic rings. The number of rotatable bonds is 0. The van der Waals surface area contributed by atoms with Crippen LogP contribution in [0.1, 0.15) is 0 Å². The average Bonchev–Trinajstić information content (AvgIpc) is 2.22. The third-order valence-electron chi connectivity index (χ3n) is 2.16. The Morgan fingerprint density at radius 1 is 1.44 bits per heavy atom. The molecule has 82 valence electrons. The molecule has 1 amide bonds. The normalized spacial score (nSPS) is 18.8. The van der Waals surface area contributed by atoms with Crippen molar-refractivity contribution in [1.29, 1.82) is 5.26 Å². The number of hydrogen-bond acceptors (Lipinski definition) is 4. The van der Waals surface area contributed by atoms with Crippen LogP contribution in [-0.4, -0.2) is 17.2 Å². The van der Waals surface area contributed by atoms with Crippen LogP contribution in [0, 0.1) is 11.3 Å². The fourth-order valence-corrected chi connectivity index (χ4v) is 1.71. The highest BCUT2D eigenvalue weighted by Gasteiger charge is 2.32. The molecule has 1 aliphatic rings. The van der Waals surface area contributed by atoms with Crippen LogP contribution in [0.15, 0.2) is 12.1 Å². The first-order valence-corrected chi connectivity index (χ1v) is 4.98. The molecule has 1 aromatic carbocycles. The van der Waals surface area contributed by atoms with Crippen molar-refractivity contribution in [2.75, 3.05) is 10.4 Å². The maximum atomic E-state index is 11.4. The minimum Gasteiger partial charge on any atom is -0.321 e. The number of benzene rings is 1. The van der Waals surface area contributed by atoms with Crippen molar-refractivity contribution in [3.63, 3.8) is 0 Å². The number of carbonyl (C=O) groups excluding carboxylic acids is 1. The van der Waals surface area contributed by atoms with E-state index < -0.39 is 11.9 Å². The monoisotopic (exact) mass is 257 g/mol. The van der Waals surface area contributed by atoms with Gasteiger partial charge in [0.2, 0.25) is 6.04 Å². The summed E-state index contributed by atoms with van der Waals surface area (Å²) in [6, 6.07) is 3.17. The van der Waals surface area contributed by atoms with Gasteiger partial charge in [0.05, 0.1) is 21.4 Å². The third kappa shape index (κ3) is 1.57. The molecular formula is C9H5Cl2N3O2. The highest BCUT2D eigenvalue weighted by molar-refractivity contribution is 6.42. The molecule has 0 saturated carbocycles. The van der Waals surface area contributed by atoms with Crippen LogP contribution >= 0.6 is 23.2 Å². The molecule has 0 spiro atoms. The van der Waals surface area contributed by atoms with Crippen molar-refractivity contribution in [3.8, 4) is 6.07 Å². The van der Waals surface area contributed by atoms with Crippen LogP contribution in [0.25, 0.3) is 0 Å². The summed E-state index contributed by atoms with van der Waals surface area (Å²) in [6.07, 6.45) is 0. The molecular weight excluding hydrogens is 253 g/mol. The predicted octanol–water partition coefficient (Wildman–Crippen LogP) is 2.03. The largest absolute Gasteiger partial charge is 0.321 e. The summed E-state index contributed by atoms with van der Waals surface area (Å²) >= 11 is 11.5. The Morgan fingerprint density at radius 3 is 2.69 bits per heavy atom. The fourth-order valence-electron chi connectivity index (χ4n) is 1.39. The van der Waals surface area contributed by atoms with E-state index in [1.54, 1.807) is 6.07 Å². The van der Waals surface area contributed by atoms with Crippen molar-refractivity contribution in [2.45, 2.75) is 6.04 Å². The van der Waals surface area contributed by atoms with Crippen LogP contribution < -0.4 is 10.4 Å². The number of anilines is 2. The molecule has 0 aromatic heterocycles. The molecule has 0 aliphatic carbocycles. The standard InChI is InChI=1S/C9H5Cl2N3O2/c10-4-1-6-7(2-5(4)11)14(16)8(3-12)9(15)13-6/h1-2,8,16H,(H,13,15). The van der Waals surface area contributed by atoms with E-state index in [-0.39, 0.29) is 15.7 Å². The lowest BCUT2D eigenvalue weighted by atomic mass is 10.1. The smallest absolute Gasteiger partial charge is 0.264 e. The Morgan fingerprint density at radius 2 is 2.06 bits per heavy atom. The highest BCUT2D eigenvalue weighted by atomic mass is 35.5. The summed E-state index contributed by atoms with van der Waals surface area (Å²) < 4.78 is 0. The van der Waals surface area contributed by atoms with Gasteiger partial charge in [-0.25, -0.2) is 5.06 Å². The second-order valence-electron chi connectivity index (χ2n) is 3.15. The first kappa shape index (κ1) is 11.0. The van der Waals surface area contributed by atoms with Gasteiger partial charge in [0.1, 0.15) is 6.07 Å². The first-order valence-electron chi connectivity index (χ1n) is 4.22. The first-order chi connectivity index (χ1) is 7.54. The number of nitrogens with one attached hydrogen (secondary N) is 1. The summed E-state index contributed by atoms with van der Waals surface area (Å²) in [5.74, 6) is -0.615. The molecule has 7 heteroatoms. The van der Waals surface area contributed by atoms with Gasteiger partial charge in [-0.1, -0.05) is 23.2 Å². The second-order valence-corrected chi connectivity index (χ2v) is 3.96. The van der Waals surface area contributed by atoms with Crippen molar-refractivity contribution < 1.29 is 10.0 Å². The molecule has 2 rings (SSSR count). The van der Waals surface area contributed by atoms with Gasteiger partial charge in [-0.15, -0.1) is 0 Å². The SMILES string of the molecule is N#CC1C(=O)Nc2cc(Cl)c(Cl)cc2N1O. The molecule has 1 unspecified atom stereocenters. The van der Waals surface area contributed by atoms with Crippen LogP contribution in [0.2, 0.25) is 10.0 Å². The zero-order valence-corrected chi connectivity index (χ0v) is 9.25.